The molecule has 0 aliphatic carbocycles. The van der Waals surface area contributed by atoms with E-state index in [-0.39, 0.29) is 0 Å². The summed E-state index contributed by atoms with van der Waals surface area (Å²) in [5, 5.41) is 12.7. The first kappa shape index (κ1) is 15.0. The predicted octanol–water partition coefficient (Wildman–Crippen LogP) is 3.26. The van der Waals surface area contributed by atoms with E-state index in [0.29, 0.717) is 5.75 Å². The number of nitrogens with zero attached hydrogens (tertiary/aromatic N) is 3. The molecule has 4 heteroatoms. The third kappa shape index (κ3) is 2.93. The van der Waals surface area contributed by atoms with E-state index in [1.165, 1.54) is 11.1 Å². The van der Waals surface area contributed by atoms with Crippen LogP contribution in [0.25, 0.3) is 10.8 Å². The molecule has 0 amide bonds. The van der Waals surface area contributed by atoms with Gasteiger partial charge in [0.25, 0.3) is 0 Å². The molecule has 1 aliphatic heterocycles. The summed E-state index contributed by atoms with van der Waals surface area (Å²) in [5.74, 6) is 0.394. The van der Waals surface area contributed by atoms with E-state index < -0.39 is 0 Å². The zero-order chi connectivity index (χ0) is 16.4. The van der Waals surface area contributed by atoms with Gasteiger partial charge >= 0.3 is 0 Å². The third-order valence-electron chi connectivity index (χ3n) is 4.80. The van der Waals surface area contributed by atoms with Crippen molar-refractivity contribution in [3.8, 4) is 5.75 Å². The van der Waals surface area contributed by atoms with Crippen molar-refractivity contribution in [2.24, 2.45) is 0 Å². The zero-order valence-corrected chi connectivity index (χ0v) is 13.6. The molecule has 0 saturated carbocycles. The molecule has 1 N–H and O–H groups in total. The Labute approximate surface area is 142 Å². The van der Waals surface area contributed by atoms with Crippen LogP contribution in [0.15, 0.2) is 60.9 Å². The van der Waals surface area contributed by atoms with Gasteiger partial charge in [0.05, 0.1) is 0 Å². The van der Waals surface area contributed by atoms with E-state index in [2.05, 4.69) is 39.0 Å². The molecule has 0 bridgehead atoms. The van der Waals surface area contributed by atoms with Gasteiger partial charge in [-0.2, -0.15) is 0 Å². The van der Waals surface area contributed by atoms with Crippen LogP contribution in [0.4, 0.5) is 5.69 Å². The lowest BCUT2D eigenvalue weighted by Gasteiger charge is -2.36. The highest BCUT2D eigenvalue weighted by Gasteiger charge is 2.19. The first-order chi connectivity index (χ1) is 11.8. The van der Waals surface area contributed by atoms with Gasteiger partial charge < -0.3 is 10.0 Å². The summed E-state index contributed by atoms with van der Waals surface area (Å²) in [6, 6.07) is 16.2. The number of piperazine rings is 1. The normalized spacial score (nSPS) is 15.8. The molecule has 4 rings (SSSR count). The van der Waals surface area contributed by atoms with Crippen LogP contribution in [-0.4, -0.2) is 41.2 Å². The minimum absolute atomic E-state index is 0.394. The van der Waals surface area contributed by atoms with Crippen LogP contribution in [0.5, 0.6) is 5.75 Å². The van der Waals surface area contributed by atoms with Crippen LogP contribution < -0.4 is 4.90 Å². The average molecular weight is 319 g/mol. The van der Waals surface area contributed by atoms with Gasteiger partial charge in [-0.1, -0.05) is 30.3 Å². The van der Waals surface area contributed by atoms with Gasteiger partial charge in [-0.3, -0.25) is 9.88 Å². The maximum Gasteiger partial charge on any atom is 0.120 e. The Morgan fingerprint density at radius 2 is 1.62 bits per heavy atom. The third-order valence-corrected chi connectivity index (χ3v) is 4.80. The lowest BCUT2D eigenvalue weighted by Crippen LogP contribution is -2.46. The Morgan fingerprint density at radius 1 is 0.875 bits per heavy atom. The number of hydrogen-bond donors (Lipinski definition) is 1. The summed E-state index contributed by atoms with van der Waals surface area (Å²) >= 11 is 0. The fourth-order valence-corrected chi connectivity index (χ4v) is 3.43. The lowest BCUT2D eigenvalue weighted by molar-refractivity contribution is 0.247. The maximum atomic E-state index is 10.3. The van der Waals surface area contributed by atoms with Crippen molar-refractivity contribution in [3.63, 3.8) is 0 Å². The Morgan fingerprint density at radius 3 is 2.42 bits per heavy atom. The summed E-state index contributed by atoms with van der Waals surface area (Å²) in [6.07, 6.45) is 3.69. The standard InChI is InChI=1S/C20H21N3O/c24-20-6-5-16-3-1-2-4-18(16)19(20)15-22-11-13-23(14-12-22)17-7-9-21-10-8-17/h1-10,24H,11-15H2. The fraction of sp³-hybridized carbons (Fsp3) is 0.250. The molecule has 24 heavy (non-hydrogen) atoms. The van der Waals surface area contributed by atoms with E-state index >= 15 is 0 Å². The number of fused-ring (bicyclic) bond motifs is 1. The molecule has 1 saturated heterocycles. The number of phenols is 1. The first-order valence-electron chi connectivity index (χ1n) is 8.38. The number of phenolic OH excluding ortho intramolecular Hbond substituents is 1. The van der Waals surface area contributed by atoms with Gasteiger partial charge in [0, 0.05) is 56.4 Å². The van der Waals surface area contributed by atoms with Crippen molar-refractivity contribution in [1.29, 1.82) is 0 Å². The summed E-state index contributed by atoms with van der Waals surface area (Å²) in [7, 11) is 0. The Bertz CT molecular complexity index is 827. The Hall–Kier alpha value is -2.59. The molecule has 0 atom stereocenters. The zero-order valence-electron chi connectivity index (χ0n) is 13.6. The maximum absolute atomic E-state index is 10.3. The second-order valence-electron chi connectivity index (χ2n) is 6.25. The molecule has 2 aromatic carbocycles. The smallest absolute Gasteiger partial charge is 0.120 e. The van der Waals surface area contributed by atoms with Crippen LogP contribution in [0.3, 0.4) is 0 Å². The van der Waals surface area contributed by atoms with Gasteiger partial charge in [-0.05, 0) is 29.0 Å². The van der Waals surface area contributed by atoms with Crippen molar-refractivity contribution in [1.82, 2.24) is 9.88 Å². The highest BCUT2D eigenvalue weighted by atomic mass is 16.3. The molecule has 0 spiro atoms. The fourth-order valence-electron chi connectivity index (χ4n) is 3.43. The highest BCUT2D eigenvalue weighted by Crippen LogP contribution is 2.28. The largest absolute Gasteiger partial charge is 0.508 e. The van der Waals surface area contributed by atoms with E-state index in [1.54, 1.807) is 0 Å². The van der Waals surface area contributed by atoms with Gasteiger partial charge in [0.2, 0.25) is 0 Å². The number of aromatic hydroxyl groups is 1. The van der Waals surface area contributed by atoms with Crippen LogP contribution in [0.1, 0.15) is 5.56 Å². The Kier molecular flexibility index (Phi) is 4.05. The topological polar surface area (TPSA) is 39.6 Å². The first-order valence-corrected chi connectivity index (χ1v) is 8.38. The molecule has 1 aromatic heterocycles. The molecule has 122 valence electrons. The summed E-state index contributed by atoms with van der Waals surface area (Å²) in [6.45, 7) is 4.76. The lowest BCUT2D eigenvalue weighted by atomic mass is 10.0. The quantitative estimate of drug-likeness (QED) is 0.804. The van der Waals surface area contributed by atoms with Crippen LogP contribution >= 0.6 is 0 Å². The molecule has 0 unspecified atom stereocenters. The molecular formula is C20H21N3O. The second kappa shape index (κ2) is 6.49. The molecule has 4 nitrogen and oxygen atoms in total. The Balaban J connectivity index is 1.49. The van der Waals surface area contributed by atoms with E-state index in [0.717, 1.165) is 43.7 Å². The molecule has 3 aromatic rings. The van der Waals surface area contributed by atoms with Crippen molar-refractivity contribution in [2.75, 3.05) is 31.1 Å². The summed E-state index contributed by atoms with van der Waals surface area (Å²) < 4.78 is 0. The van der Waals surface area contributed by atoms with Crippen molar-refractivity contribution >= 4 is 16.5 Å². The number of anilines is 1. The second-order valence-corrected chi connectivity index (χ2v) is 6.25. The molecule has 1 fully saturated rings. The van der Waals surface area contributed by atoms with Crippen LogP contribution in [0.2, 0.25) is 0 Å². The summed E-state index contributed by atoms with van der Waals surface area (Å²) in [4.78, 5) is 8.89. The molecule has 1 aliphatic rings. The van der Waals surface area contributed by atoms with Gasteiger partial charge in [0.1, 0.15) is 5.75 Å². The number of hydrogen-bond acceptors (Lipinski definition) is 4. The van der Waals surface area contributed by atoms with E-state index in [4.69, 9.17) is 0 Å². The minimum Gasteiger partial charge on any atom is -0.508 e. The van der Waals surface area contributed by atoms with Gasteiger partial charge in [0.15, 0.2) is 0 Å². The number of benzene rings is 2. The number of rotatable bonds is 3. The minimum atomic E-state index is 0.394. The van der Waals surface area contributed by atoms with Gasteiger partial charge in [-0.25, -0.2) is 0 Å². The van der Waals surface area contributed by atoms with Crippen LogP contribution in [0, 0.1) is 0 Å². The van der Waals surface area contributed by atoms with Crippen molar-refractivity contribution in [3.05, 3.63) is 66.5 Å². The number of pyridine rings is 1. The molecule has 0 radical (unpaired) electrons. The monoisotopic (exact) mass is 319 g/mol. The van der Waals surface area contributed by atoms with Crippen molar-refractivity contribution in [2.45, 2.75) is 6.54 Å². The van der Waals surface area contributed by atoms with Crippen molar-refractivity contribution < 1.29 is 5.11 Å². The van der Waals surface area contributed by atoms with E-state index in [9.17, 15) is 5.11 Å². The van der Waals surface area contributed by atoms with Crippen LogP contribution in [-0.2, 0) is 6.54 Å². The SMILES string of the molecule is Oc1ccc2ccccc2c1CN1CCN(c2ccncc2)CC1. The van der Waals surface area contributed by atoms with E-state index in [1.807, 2.05) is 36.7 Å². The summed E-state index contributed by atoms with van der Waals surface area (Å²) in [5.41, 5.74) is 2.27. The predicted molar refractivity (Wildman–Crippen MR) is 97.3 cm³/mol. The molecular weight excluding hydrogens is 298 g/mol. The average Bonchev–Trinajstić information content (AvgIpc) is 2.65. The number of aromatic nitrogens is 1. The highest BCUT2D eigenvalue weighted by molar-refractivity contribution is 5.87. The van der Waals surface area contributed by atoms with Gasteiger partial charge in [-0.15, -0.1) is 0 Å². The molecule has 2 heterocycles.